The Morgan fingerprint density at radius 3 is 2.50 bits per heavy atom. The topological polar surface area (TPSA) is 81.0 Å². The molecule has 10 heteroatoms. The highest BCUT2D eigenvalue weighted by Crippen LogP contribution is 2.27. The second kappa shape index (κ2) is 10.3. The Balaban J connectivity index is 1.65. The van der Waals surface area contributed by atoms with Crippen molar-refractivity contribution >= 4 is 49.1 Å². The largest absolute Gasteiger partial charge is 0.383 e. The lowest BCUT2D eigenvalue weighted by Gasteiger charge is -2.29. The lowest BCUT2D eigenvalue weighted by molar-refractivity contribution is 0.0997. The monoisotopic (exact) mass is 521 g/mol. The molecule has 4 rings (SSSR count). The number of halogens is 1. The molecule has 2 aromatic carbocycles. The van der Waals surface area contributed by atoms with Gasteiger partial charge < -0.3 is 9.30 Å². The van der Waals surface area contributed by atoms with Gasteiger partial charge in [0.2, 0.25) is 10.0 Å². The SMILES string of the molecule is COCCn1c(=NC(=O)c2ccc(S(=O)(=O)N3CCC(C)CC3)cc2)sc2ccc(Cl)c(C)c21. The van der Waals surface area contributed by atoms with Gasteiger partial charge in [-0.3, -0.25) is 4.79 Å². The van der Waals surface area contributed by atoms with Crippen LogP contribution in [0, 0.1) is 12.8 Å². The molecule has 0 atom stereocenters. The fourth-order valence-corrected chi connectivity index (χ4v) is 6.82. The van der Waals surface area contributed by atoms with Crippen molar-refractivity contribution in [2.45, 2.75) is 38.1 Å². The zero-order valence-electron chi connectivity index (χ0n) is 19.5. The lowest BCUT2D eigenvalue weighted by atomic mass is 10.0. The van der Waals surface area contributed by atoms with E-state index in [1.54, 1.807) is 7.11 Å². The first kappa shape index (κ1) is 25.1. The molecular formula is C24H28ClN3O4S2. The summed E-state index contributed by atoms with van der Waals surface area (Å²) in [5.74, 6) is 0.102. The van der Waals surface area contributed by atoms with E-state index in [0.717, 1.165) is 28.6 Å². The molecule has 1 amide bonds. The highest BCUT2D eigenvalue weighted by atomic mass is 35.5. The average molecular weight is 522 g/mol. The molecule has 1 aliphatic heterocycles. The molecule has 1 aromatic heterocycles. The van der Waals surface area contributed by atoms with Gasteiger partial charge in [-0.15, -0.1) is 0 Å². The average Bonchev–Trinajstić information content (AvgIpc) is 3.18. The van der Waals surface area contributed by atoms with E-state index in [1.807, 2.05) is 23.6 Å². The number of carbonyl (C=O) groups is 1. The molecule has 1 aliphatic rings. The number of amides is 1. The van der Waals surface area contributed by atoms with E-state index in [4.69, 9.17) is 16.3 Å². The molecule has 2 heterocycles. The second-order valence-corrected chi connectivity index (χ2v) is 11.9. The Hall–Kier alpha value is -2.04. The van der Waals surface area contributed by atoms with Crippen molar-refractivity contribution in [3.63, 3.8) is 0 Å². The molecule has 1 saturated heterocycles. The first-order valence-corrected chi connectivity index (χ1v) is 13.8. The molecule has 0 aliphatic carbocycles. The summed E-state index contributed by atoms with van der Waals surface area (Å²) in [7, 11) is -1.94. The Morgan fingerprint density at radius 1 is 1.18 bits per heavy atom. The van der Waals surface area contributed by atoms with Crippen molar-refractivity contribution in [1.29, 1.82) is 0 Å². The number of fused-ring (bicyclic) bond motifs is 1. The van der Waals surface area contributed by atoms with E-state index < -0.39 is 15.9 Å². The fraction of sp³-hybridized carbons (Fsp3) is 0.417. The van der Waals surface area contributed by atoms with Crippen LogP contribution in [-0.4, -0.2) is 50.0 Å². The summed E-state index contributed by atoms with van der Waals surface area (Å²) in [5.41, 5.74) is 2.18. The van der Waals surface area contributed by atoms with Gasteiger partial charge in [-0.2, -0.15) is 9.30 Å². The number of ether oxygens (including phenoxy) is 1. The number of hydrogen-bond donors (Lipinski definition) is 0. The number of methoxy groups -OCH3 is 1. The van der Waals surface area contributed by atoms with Crippen LogP contribution in [0.15, 0.2) is 46.3 Å². The summed E-state index contributed by atoms with van der Waals surface area (Å²) in [5, 5.41) is 0.648. The number of aryl methyl sites for hydroxylation is 1. The number of thiazole rings is 1. The fourth-order valence-electron chi connectivity index (χ4n) is 4.09. The zero-order valence-corrected chi connectivity index (χ0v) is 21.8. The van der Waals surface area contributed by atoms with E-state index in [1.165, 1.54) is 39.9 Å². The van der Waals surface area contributed by atoms with Crippen LogP contribution in [0.4, 0.5) is 0 Å². The van der Waals surface area contributed by atoms with Crippen molar-refractivity contribution in [2.75, 3.05) is 26.8 Å². The number of aromatic nitrogens is 1. The molecule has 1 fully saturated rings. The van der Waals surface area contributed by atoms with Gasteiger partial charge in [0.05, 0.1) is 21.7 Å². The molecule has 0 unspecified atom stereocenters. The highest BCUT2D eigenvalue weighted by molar-refractivity contribution is 7.89. The van der Waals surface area contributed by atoms with Crippen LogP contribution in [0.5, 0.6) is 0 Å². The molecule has 7 nitrogen and oxygen atoms in total. The van der Waals surface area contributed by atoms with Gasteiger partial charge in [-0.05, 0) is 67.6 Å². The molecule has 0 radical (unpaired) electrons. The van der Waals surface area contributed by atoms with Crippen molar-refractivity contribution in [3.05, 3.63) is 57.3 Å². The third-order valence-electron chi connectivity index (χ3n) is 6.23. The van der Waals surface area contributed by atoms with E-state index in [-0.39, 0.29) is 4.90 Å². The van der Waals surface area contributed by atoms with Crippen molar-refractivity contribution < 1.29 is 17.9 Å². The van der Waals surface area contributed by atoms with Crippen molar-refractivity contribution in [3.8, 4) is 0 Å². The maximum Gasteiger partial charge on any atom is 0.279 e. The van der Waals surface area contributed by atoms with E-state index in [9.17, 15) is 13.2 Å². The minimum atomic E-state index is -3.57. The van der Waals surface area contributed by atoms with E-state index in [0.29, 0.717) is 47.5 Å². The van der Waals surface area contributed by atoms with Gasteiger partial charge in [0.1, 0.15) is 0 Å². The Kier molecular flexibility index (Phi) is 7.59. The normalized spacial score (nSPS) is 16.4. The van der Waals surface area contributed by atoms with Gasteiger partial charge in [0, 0.05) is 37.3 Å². The first-order chi connectivity index (χ1) is 16.2. The third kappa shape index (κ3) is 4.99. The lowest BCUT2D eigenvalue weighted by Crippen LogP contribution is -2.37. The van der Waals surface area contributed by atoms with E-state index >= 15 is 0 Å². The summed E-state index contributed by atoms with van der Waals surface area (Å²) in [6.07, 6.45) is 1.72. The minimum Gasteiger partial charge on any atom is -0.383 e. The van der Waals surface area contributed by atoms with Crippen LogP contribution < -0.4 is 4.80 Å². The van der Waals surface area contributed by atoms with Crippen LogP contribution in [-0.2, 0) is 21.3 Å². The van der Waals surface area contributed by atoms with Gasteiger partial charge in [0.15, 0.2) is 4.80 Å². The van der Waals surface area contributed by atoms with Crippen LogP contribution in [0.25, 0.3) is 10.2 Å². The van der Waals surface area contributed by atoms with Gasteiger partial charge in [-0.1, -0.05) is 29.9 Å². The predicted octanol–water partition coefficient (Wildman–Crippen LogP) is 4.47. The Bertz CT molecular complexity index is 1370. The molecule has 0 spiro atoms. The van der Waals surface area contributed by atoms with Crippen LogP contribution >= 0.6 is 22.9 Å². The molecule has 0 bridgehead atoms. The van der Waals surface area contributed by atoms with E-state index in [2.05, 4.69) is 11.9 Å². The quantitative estimate of drug-likeness (QED) is 0.479. The number of rotatable bonds is 6. The van der Waals surface area contributed by atoms with Gasteiger partial charge >= 0.3 is 0 Å². The number of piperidine rings is 1. The molecule has 182 valence electrons. The summed E-state index contributed by atoms with van der Waals surface area (Å²) >= 11 is 7.73. The maximum atomic E-state index is 13.0. The standard InChI is InChI=1S/C24H28ClN3O4S2/c1-16-10-12-27(13-11-16)34(30,31)19-6-4-18(5-7-19)23(29)26-24-28(14-15-32-3)22-17(2)20(25)8-9-21(22)33-24/h4-9,16H,10-15H2,1-3H3. The minimum absolute atomic E-state index is 0.195. The number of benzene rings is 2. The molecular weight excluding hydrogens is 494 g/mol. The van der Waals surface area contributed by atoms with Gasteiger partial charge in [-0.25, -0.2) is 8.42 Å². The summed E-state index contributed by atoms with van der Waals surface area (Å²) in [6, 6.07) is 9.79. The number of nitrogens with zero attached hydrogens (tertiary/aromatic N) is 3. The predicted molar refractivity (Wildman–Crippen MR) is 135 cm³/mol. The van der Waals surface area contributed by atoms with Crippen molar-refractivity contribution in [1.82, 2.24) is 8.87 Å². The highest BCUT2D eigenvalue weighted by Gasteiger charge is 2.28. The molecule has 34 heavy (non-hydrogen) atoms. The molecule has 0 saturated carbocycles. The van der Waals surface area contributed by atoms with Crippen LogP contribution in [0.1, 0.15) is 35.7 Å². The Morgan fingerprint density at radius 2 is 1.85 bits per heavy atom. The molecule has 3 aromatic rings. The smallest absolute Gasteiger partial charge is 0.279 e. The van der Waals surface area contributed by atoms with Crippen LogP contribution in [0.3, 0.4) is 0 Å². The number of carbonyl (C=O) groups excluding carboxylic acids is 1. The summed E-state index contributed by atoms with van der Waals surface area (Å²) in [6.45, 7) is 6.11. The van der Waals surface area contributed by atoms with Crippen molar-refractivity contribution in [2.24, 2.45) is 10.9 Å². The van der Waals surface area contributed by atoms with Gasteiger partial charge in [0.25, 0.3) is 5.91 Å². The number of sulfonamides is 1. The second-order valence-electron chi connectivity index (χ2n) is 8.58. The first-order valence-electron chi connectivity index (χ1n) is 11.2. The molecule has 0 N–H and O–H groups in total. The maximum absolute atomic E-state index is 13.0. The number of hydrogen-bond acceptors (Lipinski definition) is 5. The summed E-state index contributed by atoms with van der Waals surface area (Å²) in [4.78, 5) is 18.1. The third-order valence-corrected chi connectivity index (χ3v) is 9.59. The summed E-state index contributed by atoms with van der Waals surface area (Å²) < 4.78 is 35.6. The zero-order chi connectivity index (χ0) is 24.5. The van der Waals surface area contributed by atoms with Crippen LogP contribution in [0.2, 0.25) is 5.02 Å². The Labute approximate surface area is 208 Å².